The van der Waals surface area contributed by atoms with Gasteiger partial charge in [0.2, 0.25) is 5.91 Å². The number of aryl methyl sites for hydroxylation is 1. The third-order valence-electron chi connectivity index (χ3n) is 3.51. The highest BCUT2D eigenvalue weighted by Gasteiger charge is 2.16. The lowest BCUT2D eigenvalue weighted by molar-refractivity contribution is -0.116. The number of hydrogen-bond donors (Lipinski definition) is 2. The maximum absolute atomic E-state index is 11.3. The monoisotopic (exact) mass is 246 g/mol. The molecular formula is C15H22N2O. The van der Waals surface area contributed by atoms with Gasteiger partial charge in [0, 0.05) is 18.2 Å². The van der Waals surface area contributed by atoms with Gasteiger partial charge in [0.25, 0.3) is 0 Å². The lowest BCUT2D eigenvalue weighted by Crippen LogP contribution is -2.20. The smallest absolute Gasteiger partial charge is 0.224 e. The Morgan fingerprint density at radius 3 is 2.78 bits per heavy atom. The lowest BCUT2D eigenvalue weighted by Gasteiger charge is -2.20. The van der Waals surface area contributed by atoms with Crippen molar-refractivity contribution in [1.82, 2.24) is 0 Å². The number of carbonyl (C=O) groups excluding carboxylic acids is 1. The Balaban J connectivity index is 2.08. The molecule has 0 aromatic heterocycles. The molecular weight excluding hydrogens is 224 g/mol. The first kappa shape index (κ1) is 13.1. The van der Waals surface area contributed by atoms with E-state index in [0.717, 1.165) is 24.9 Å². The number of fused-ring (bicyclic) bond motifs is 1. The minimum Gasteiger partial charge on any atom is -0.326 e. The standard InChI is InChI=1S/C15H22N2O/c1-10(2)3-6-13(16)11-4-7-14-12(9-11)5-8-15(18)17-14/h4,7,9-10,13H,3,5-6,8,16H2,1-2H3,(H,17,18). The predicted molar refractivity (Wildman–Crippen MR) is 74.4 cm³/mol. The van der Waals surface area contributed by atoms with Crippen LogP contribution in [0.2, 0.25) is 0 Å². The Hall–Kier alpha value is -1.35. The molecule has 0 saturated heterocycles. The second-order valence-corrected chi connectivity index (χ2v) is 5.54. The summed E-state index contributed by atoms with van der Waals surface area (Å²) in [5.74, 6) is 0.798. The van der Waals surface area contributed by atoms with Gasteiger partial charge < -0.3 is 11.1 Å². The van der Waals surface area contributed by atoms with Crippen molar-refractivity contribution in [1.29, 1.82) is 0 Å². The van der Waals surface area contributed by atoms with Gasteiger partial charge in [-0.1, -0.05) is 26.0 Å². The second kappa shape index (κ2) is 5.53. The van der Waals surface area contributed by atoms with Gasteiger partial charge in [-0.3, -0.25) is 4.79 Å². The van der Waals surface area contributed by atoms with Crippen LogP contribution in [-0.4, -0.2) is 5.91 Å². The lowest BCUT2D eigenvalue weighted by atomic mass is 9.94. The van der Waals surface area contributed by atoms with Crippen LogP contribution >= 0.6 is 0 Å². The fourth-order valence-corrected chi connectivity index (χ4v) is 2.31. The van der Waals surface area contributed by atoms with Gasteiger partial charge in [0.05, 0.1) is 0 Å². The molecule has 0 radical (unpaired) electrons. The van der Waals surface area contributed by atoms with Gasteiger partial charge in [-0.25, -0.2) is 0 Å². The summed E-state index contributed by atoms with van der Waals surface area (Å²) in [5.41, 5.74) is 9.57. The Kier molecular flexibility index (Phi) is 4.02. The van der Waals surface area contributed by atoms with Crippen LogP contribution in [0.25, 0.3) is 0 Å². The van der Waals surface area contributed by atoms with Crippen LogP contribution in [-0.2, 0) is 11.2 Å². The van der Waals surface area contributed by atoms with Crippen LogP contribution in [0.5, 0.6) is 0 Å². The zero-order chi connectivity index (χ0) is 13.1. The van der Waals surface area contributed by atoms with E-state index < -0.39 is 0 Å². The third-order valence-corrected chi connectivity index (χ3v) is 3.51. The quantitative estimate of drug-likeness (QED) is 0.858. The van der Waals surface area contributed by atoms with E-state index in [1.165, 1.54) is 11.1 Å². The fourth-order valence-electron chi connectivity index (χ4n) is 2.31. The van der Waals surface area contributed by atoms with Gasteiger partial charge in [-0.05, 0) is 42.4 Å². The number of amides is 1. The van der Waals surface area contributed by atoms with Crippen LogP contribution in [0.4, 0.5) is 5.69 Å². The first-order valence-corrected chi connectivity index (χ1v) is 6.74. The highest BCUT2D eigenvalue weighted by Crippen LogP contribution is 2.27. The molecule has 1 amide bonds. The molecule has 3 nitrogen and oxygen atoms in total. The molecule has 0 saturated carbocycles. The summed E-state index contributed by atoms with van der Waals surface area (Å²) >= 11 is 0. The molecule has 1 unspecified atom stereocenters. The van der Waals surface area contributed by atoms with Gasteiger partial charge in [-0.2, -0.15) is 0 Å². The van der Waals surface area contributed by atoms with E-state index in [2.05, 4.69) is 25.2 Å². The largest absolute Gasteiger partial charge is 0.326 e. The zero-order valence-electron chi connectivity index (χ0n) is 11.2. The molecule has 1 aliphatic rings. The Labute approximate surface area is 109 Å². The van der Waals surface area contributed by atoms with E-state index in [4.69, 9.17) is 5.73 Å². The van der Waals surface area contributed by atoms with Crippen molar-refractivity contribution in [3.05, 3.63) is 29.3 Å². The molecule has 1 heterocycles. The summed E-state index contributed by atoms with van der Waals surface area (Å²) in [6.45, 7) is 4.43. The highest BCUT2D eigenvalue weighted by molar-refractivity contribution is 5.93. The number of hydrogen-bond acceptors (Lipinski definition) is 2. The van der Waals surface area contributed by atoms with E-state index in [0.29, 0.717) is 12.3 Å². The molecule has 0 spiro atoms. The summed E-state index contributed by atoms with van der Waals surface area (Å²) in [6.07, 6.45) is 3.57. The van der Waals surface area contributed by atoms with Gasteiger partial charge in [0.1, 0.15) is 0 Å². The van der Waals surface area contributed by atoms with Gasteiger partial charge in [-0.15, -0.1) is 0 Å². The summed E-state index contributed by atoms with van der Waals surface area (Å²) in [4.78, 5) is 11.3. The fraction of sp³-hybridized carbons (Fsp3) is 0.533. The van der Waals surface area contributed by atoms with Crippen LogP contribution in [0.1, 0.15) is 50.3 Å². The van der Waals surface area contributed by atoms with Crippen molar-refractivity contribution >= 4 is 11.6 Å². The summed E-state index contributed by atoms with van der Waals surface area (Å²) in [7, 11) is 0. The van der Waals surface area contributed by atoms with Crippen LogP contribution in [0.3, 0.4) is 0 Å². The predicted octanol–water partition coefficient (Wildman–Crippen LogP) is 3.01. The molecule has 98 valence electrons. The maximum atomic E-state index is 11.3. The molecule has 1 aromatic carbocycles. The first-order chi connectivity index (χ1) is 8.56. The highest BCUT2D eigenvalue weighted by atomic mass is 16.1. The molecule has 1 atom stereocenters. The van der Waals surface area contributed by atoms with Gasteiger partial charge >= 0.3 is 0 Å². The van der Waals surface area contributed by atoms with Crippen molar-refractivity contribution in [2.24, 2.45) is 11.7 Å². The third kappa shape index (κ3) is 3.10. The minimum atomic E-state index is 0.107. The number of benzene rings is 1. The first-order valence-electron chi connectivity index (χ1n) is 6.74. The summed E-state index contributed by atoms with van der Waals surface area (Å²) in [5, 5.41) is 2.90. The molecule has 18 heavy (non-hydrogen) atoms. The van der Waals surface area contributed by atoms with Crippen LogP contribution in [0.15, 0.2) is 18.2 Å². The number of carbonyl (C=O) groups is 1. The topological polar surface area (TPSA) is 55.1 Å². The number of nitrogens with one attached hydrogen (secondary N) is 1. The molecule has 3 heteroatoms. The average Bonchev–Trinajstić information content (AvgIpc) is 2.35. The number of nitrogens with two attached hydrogens (primary N) is 1. The van der Waals surface area contributed by atoms with E-state index in [1.54, 1.807) is 0 Å². The SMILES string of the molecule is CC(C)CCC(N)c1ccc2c(c1)CCC(=O)N2. The maximum Gasteiger partial charge on any atom is 0.224 e. The summed E-state index contributed by atoms with van der Waals surface area (Å²) in [6, 6.07) is 6.28. The Bertz CT molecular complexity index is 440. The molecule has 0 fully saturated rings. The van der Waals surface area contributed by atoms with Crippen molar-refractivity contribution in [2.45, 2.75) is 45.6 Å². The van der Waals surface area contributed by atoms with Crippen LogP contribution < -0.4 is 11.1 Å². The average molecular weight is 246 g/mol. The molecule has 0 aliphatic carbocycles. The van der Waals surface area contributed by atoms with E-state index in [-0.39, 0.29) is 11.9 Å². The van der Waals surface area contributed by atoms with E-state index in [1.807, 2.05) is 12.1 Å². The van der Waals surface area contributed by atoms with Crippen molar-refractivity contribution in [3.8, 4) is 0 Å². The van der Waals surface area contributed by atoms with Crippen molar-refractivity contribution in [2.75, 3.05) is 5.32 Å². The molecule has 1 aliphatic heterocycles. The molecule has 0 bridgehead atoms. The van der Waals surface area contributed by atoms with Gasteiger partial charge in [0.15, 0.2) is 0 Å². The zero-order valence-corrected chi connectivity index (χ0v) is 11.2. The number of anilines is 1. The van der Waals surface area contributed by atoms with E-state index >= 15 is 0 Å². The number of rotatable bonds is 4. The molecule has 3 N–H and O–H groups in total. The minimum absolute atomic E-state index is 0.107. The summed E-state index contributed by atoms with van der Waals surface area (Å²) < 4.78 is 0. The second-order valence-electron chi connectivity index (χ2n) is 5.54. The Morgan fingerprint density at radius 2 is 2.06 bits per heavy atom. The normalized spacial score (nSPS) is 16.3. The van der Waals surface area contributed by atoms with E-state index in [9.17, 15) is 4.79 Å². The van der Waals surface area contributed by atoms with Crippen LogP contribution in [0, 0.1) is 5.92 Å². The molecule has 1 aromatic rings. The van der Waals surface area contributed by atoms with Crippen molar-refractivity contribution < 1.29 is 4.79 Å². The molecule has 2 rings (SSSR count). The Morgan fingerprint density at radius 1 is 1.28 bits per heavy atom. The van der Waals surface area contributed by atoms with Crippen molar-refractivity contribution in [3.63, 3.8) is 0 Å².